The van der Waals surface area contributed by atoms with E-state index in [-0.39, 0.29) is 23.6 Å². The average Bonchev–Trinajstić information content (AvgIpc) is 3.31. The fourth-order valence-electron chi connectivity index (χ4n) is 2.67. The van der Waals surface area contributed by atoms with E-state index in [9.17, 15) is 4.79 Å². The van der Waals surface area contributed by atoms with E-state index < -0.39 is 0 Å². The lowest BCUT2D eigenvalue weighted by Gasteiger charge is -2.12. The first-order chi connectivity index (χ1) is 13.4. The number of aromatic nitrogens is 3. The summed E-state index contributed by atoms with van der Waals surface area (Å²) in [7, 11) is 0. The van der Waals surface area contributed by atoms with Crippen molar-refractivity contribution >= 4 is 17.5 Å². The number of amides is 1. The topological polar surface area (TPSA) is 96.7 Å². The maximum Gasteiger partial charge on any atom is 0.273 e. The Labute approximate surface area is 167 Å². The number of carbonyl (C=O) groups excluding carboxylic acids is 1. The van der Waals surface area contributed by atoms with Crippen molar-refractivity contribution in [3.63, 3.8) is 0 Å². The molecule has 0 bridgehead atoms. The zero-order chi connectivity index (χ0) is 20.3. The summed E-state index contributed by atoms with van der Waals surface area (Å²) < 4.78 is 6.91. The summed E-state index contributed by atoms with van der Waals surface area (Å²) in [5.41, 5.74) is 2.25. The zero-order valence-corrected chi connectivity index (χ0v) is 16.6. The molecular weight excluding hydrogens is 378 g/mol. The standard InChI is InChI=1S/C20H20ClN5O2/c1-12(2)19-9-18(25-28-19)20(27)23-13(3)11-26-7-6-17(24-26)14-4-5-15(10-22)16(21)8-14/h4-9,12-13H,11H2,1-3H3,(H,23,27)/t13-/m0/s1. The first-order valence-corrected chi connectivity index (χ1v) is 9.26. The number of nitrogens with one attached hydrogen (secondary N) is 1. The molecule has 7 nitrogen and oxygen atoms in total. The van der Waals surface area contributed by atoms with Crippen LogP contribution in [0, 0.1) is 11.3 Å². The number of nitrogens with zero attached hydrogens (tertiary/aromatic N) is 4. The van der Waals surface area contributed by atoms with Crippen molar-refractivity contribution in [1.82, 2.24) is 20.3 Å². The highest BCUT2D eigenvalue weighted by Crippen LogP contribution is 2.24. The van der Waals surface area contributed by atoms with Crippen molar-refractivity contribution in [2.45, 2.75) is 39.3 Å². The smallest absolute Gasteiger partial charge is 0.273 e. The van der Waals surface area contributed by atoms with Crippen LogP contribution in [0.25, 0.3) is 11.3 Å². The van der Waals surface area contributed by atoms with Gasteiger partial charge in [-0.15, -0.1) is 0 Å². The average molecular weight is 398 g/mol. The van der Waals surface area contributed by atoms with Gasteiger partial charge in [-0.3, -0.25) is 9.48 Å². The molecule has 28 heavy (non-hydrogen) atoms. The number of benzene rings is 1. The van der Waals surface area contributed by atoms with Crippen LogP contribution in [-0.2, 0) is 6.54 Å². The molecule has 0 aliphatic heterocycles. The highest BCUT2D eigenvalue weighted by atomic mass is 35.5. The highest BCUT2D eigenvalue weighted by Gasteiger charge is 2.17. The fraction of sp³-hybridized carbons (Fsp3) is 0.300. The zero-order valence-electron chi connectivity index (χ0n) is 15.8. The SMILES string of the molecule is CC(C)c1cc(C(=O)N[C@@H](C)Cn2ccc(-c3ccc(C#N)c(Cl)c3)n2)no1. The molecule has 0 spiro atoms. The van der Waals surface area contributed by atoms with E-state index in [1.165, 1.54) is 0 Å². The summed E-state index contributed by atoms with van der Waals surface area (Å²) in [6, 6.07) is 10.6. The Morgan fingerprint density at radius 1 is 1.32 bits per heavy atom. The monoisotopic (exact) mass is 397 g/mol. The first-order valence-electron chi connectivity index (χ1n) is 8.88. The summed E-state index contributed by atoms with van der Waals surface area (Å²) in [4.78, 5) is 12.3. The van der Waals surface area contributed by atoms with Gasteiger partial charge < -0.3 is 9.84 Å². The third kappa shape index (κ3) is 4.41. The molecule has 0 aliphatic rings. The molecule has 2 heterocycles. The van der Waals surface area contributed by atoms with Crippen LogP contribution in [0.2, 0.25) is 5.02 Å². The van der Waals surface area contributed by atoms with Gasteiger partial charge in [0.2, 0.25) is 0 Å². The molecule has 1 N–H and O–H groups in total. The third-order valence-corrected chi connectivity index (χ3v) is 4.51. The number of nitriles is 1. The molecule has 2 aromatic heterocycles. The number of rotatable bonds is 6. The highest BCUT2D eigenvalue weighted by molar-refractivity contribution is 6.32. The van der Waals surface area contributed by atoms with Crippen LogP contribution < -0.4 is 5.32 Å². The Hall–Kier alpha value is -3.11. The van der Waals surface area contributed by atoms with Crippen LogP contribution in [0.3, 0.4) is 0 Å². The van der Waals surface area contributed by atoms with E-state index in [2.05, 4.69) is 15.6 Å². The lowest BCUT2D eigenvalue weighted by molar-refractivity contribution is 0.0926. The van der Waals surface area contributed by atoms with E-state index in [1.807, 2.05) is 39.1 Å². The van der Waals surface area contributed by atoms with Crippen LogP contribution >= 0.6 is 11.6 Å². The third-order valence-electron chi connectivity index (χ3n) is 4.19. The van der Waals surface area contributed by atoms with Gasteiger partial charge in [0.15, 0.2) is 5.69 Å². The van der Waals surface area contributed by atoms with Crippen LogP contribution in [0.5, 0.6) is 0 Å². The summed E-state index contributed by atoms with van der Waals surface area (Å²) in [6.45, 7) is 6.33. The molecule has 3 aromatic rings. The normalized spacial score (nSPS) is 12.0. The Kier molecular flexibility index (Phi) is 5.81. The van der Waals surface area contributed by atoms with Crippen molar-refractivity contribution in [1.29, 1.82) is 5.26 Å². The summed E-state index contributed by atoms with van der Waals surface area (Å²) in [5, 5.41) is 20.6. The Balaban J connectivity index is 1.63. The first kappa shape index (κ1) is 19.6. The molecule has 1 atom stereocenters. The van der Waals surface area contributed by atoms with Crippen molar-refractivity contribution < 1.29 is 9.32 Å². The van der Waals surface area contributed by atoms with Gasteiger partial charge in [0.05, 0.1) is 22.8 Å². The maximum absolute atomic E-state index is 12.3. The molecular formula is C20H20ClN5O2. The number of halogens is 1. The maximum atomic E-state index is 12.3. The number of hydrogen-bond acceptors (Lipinski definition) is 5. The van der Waals surface area contributed by atoms with E-state index in [1.54, 1.807) is 28.9 Å². The fourth-order valence-corrected chi connectivity index (χ4v) is 2.90. The summed E-state index contributed by atoms with van der Waals surface area (Å²) in [5.74, 6) is 0.565. The largest absolute Gasteiger partial charge is 0.360 e. The Morgan fingerprint density at radius 3 is 2.75 bits per heavy atom. The second-order valence-electron chi connectivity index (χ2n) is 6.87. The lowest BCUT2D eigenvalue weighted by Crippen LogP contribution is -2.36. The second kappa shape index (κ2) is 8.28. The quantitative estimate of drug-likeness (QED) is 0.677. The molecule has 0 fully saturated rings. The predicted molar refractivity (Wildman–Crippen MR) is 105 cm³/mol. The lowest BCUT2D eigenvalue weighted by atomic mass is 10.1. The second-order valence-corrected chi connectivity index (χ2v) is 7.28. The molecule has 3 rings (SSSR count). The van der Waals surface area contributed by atoms with Gasteiger partial charge >= 0.3 is 0 Å². The summed E-state index contributed by atoms with van der Waals surface area (Å²) in [6.07, 6.45) is 1.83. The molecule has 144 valence electrons. The van der Waals surface area contributed by atoms with Crippen LogP contribution in [0.15, 0.2) is 41.1 Å². The van der Waals surface area contributed by atoms with Gasteiger partial charge in [-0.1, -0.05) is 36.7 Å². The van der Waals surface area contributed by atoms with Gasteiger partial charge in [0.25, 0.3) is 5.91 Å². The minimum Gasteiger partial charge on any atom is -0.360 e. The predicted octanol–water partition coefficient (Wildman–Crippen LogP) is 4.01. The van der Waals surface area contributed by atoms with Crippen molar-refractivity contribution in [3.05, 3.63) is 58.6 Å². The van der Waals surface area contributed by atoms with Crippen LogP contribution in [-0.4, -0.2) is 26.9 Å². The molecule has 8 heteroatoms. The molecule has 1 aromatic carbocycles. The molecule has 1 amide bonds. The van der Waals surface area contributed by atoms with Crippen LogP contribution in [0.1, 0.15) is 48.5 Å². The van der Waals surface area contributed by atoms with E-state index in [0.29, 0.717) is 22.9 Å². The minimum atomic E-state index is -0.283. The van der Waals surface area contributed by atoms with E-state index in [0.717, 1.165) is 11.3 Å². The molecule has 0 aliphatic carbocycles. The van der Waals surface area contributed by atoms with E-state index in [4.69, 9.17) is 21.4 Å². The van der Waals surface area contributed by atoms with Crippen LogP contribution in [0.4, 0.5) is 0 Å². The van der Waals surface area contributed by atoms with Gasteiger partial charge in [0, 0.05) is 29.8 Å². The van der Waals surface area contributed by atoms with Crippen molar-refractivity contribution in [2.75, 3.05) is 0 Å². The van der Waals surface area contributed by atoms with Crippen molar-refractivity contribution in [2.24, 2.45) is 0 Å². The molecule has 0 saturated carbocycles. The molecule has 0 saturated heterocycles. The minimum absolute atomic E-state index is 0.163. The van der Waals surface area contributed by atoms with Gasteiger partial charge in [0.1, 0.15) is 11.8 Å². The van der Waals surface area contributed by atoms with Crippen molar-refractivity contribution in [3.8, 4) is 17.3 Å². The van der Waals surface area contributed by atoms with Gasteiger partial charge in [-0.25, -0.2) is 0 Å². The number of hydrogen-bond donors (Lipinski definition) is 1. The number of carbonyl (C=O) groups is 1. The molecule has 0 unspecified atom stereocenters. The Bertz CT molecular complexity index is 1030. The molecule has 0 radical (unpaired) electrons. The van der Waals surface area contributed by atoms with E-state index >= 15 is 0 Å². The van der Waals surface area contributed by atoms with Gasteiger partial charge in [-0.05, 0) is 25.1 Å². The Morgan fingerprint density at radius 2 is 2.11 bits per heavy atom. The van der Waals surface area contributed by atoms with Gasteiger partial charge in [-0.2, -0.15) is 10.4 Å². The summed E-state index contributed by atoms with van der Waals surface area (Å²) >= 11 is 6.09.